The van der Waals surface area contributed by atoms with Gasteiger partial charge in [0, 0.05) is 37.9 Å². The fraction of sp³-hybridized carbons (Fsp3) is 0.600. The molecule has 8 nitrogen and oxygen atoms in total. The third-order valence-electron chi connectivity index (χ3n) is 3.96. The van der Waals surface area contributed by atoms with E-state index in [1.54, 1.807) is 31.2 Å². The number of ether oxygens (including phenoxy) is 1. The Morgan fingerprint density at radius 1 is 1.38 bits per heavy atom. The zero-order valence-electron chi connectivity index (χ0n) is 14.0. The summed E-state index contributed by atoms with van der Waals surface area (Å²) in [6.07, 6.45) is 2.90. The number of carbonyl (C=O) groups excluding carboxylic acids is 1. The van der Waals surface area contributed by atoms with Crippen molar-refractivity contribution in [3.63, 3.8) is 0 Å². The topological polar surface area (TPSA) is 101 Å². The Balaban J connectivity index is 1.76. The predicted octanol–water partition coefficient (Wildman–Crippen LogP) is 0.704. The van der Waals surface area contributed by atoms with Gasteiger partial charge in [-0.25, -0.2) is 22.9 Å². The largest absolute Gasteiger partial charge is 0.481 e. The molecule has 1 aliphatic heterocycles. The minimum absolute atomic E-state index is 0.0730. The molecule has 1 saturated heterocycles. The average molecular weight is 356 g/mol. The van der Waals surface area contributed by atoms with Gasteiger partial charge in [0.1, 0.15) is 0 Å². The second-order valence-corrected chi connectivity index (χ2v) is 7.69. The molecule has 2 heterocycles. The molecule has 0 aromatic carbocycles. The first-order valence-corrected chi connectivity index (χ1v) is 9.60. The highest BCUT2D eigenvalue weighted by Crippen LogP contribution is 2.12. The molecule has 134 valence electrons. The number of hydrogen-bond donors (Lipinski definition) is 2. The lowest BCUT2D eigenvalue weighted by atomic mass is 10.1. The van der Waals surface area contributed by atoms with Crippen molar-refractivity contribution in [1.82, 2.24) is 19.9 Å². The van der Waals surface area contributed by atoms with Gasteiger partial charge < -0.3 is 15.0 Å². The van der Waals surface area contributed by atoms with E-state index in [-0.39, 0.29) is 17.8 Å². The number of urea groups is 1. The molecule has 0 bridgehead atoms. The first kappa shape index (κ1) is 18.5. The van der Waals surface area contributed by atoms with Gasteiger partial charge in [-0.05, 0) is 25.3 Å². The van der Waals surface area contributed by atoms with Crippen LogP contribution in [0.3, 0.4) is 0 Å². The maximum absolute atomic E-state index is 12.2. The van der Waals surface area contributed by atoms with Crippen LogP contribution in [-0.4, -0.2) is 56.3 Å². The zero-order valence-corrected chi connectivity index (χ0v) is 14.8. The van der Waals surface area contributed by atoms with Gasteiger partial charge >= 0.3 is 6.03 Å². The summed E-state index contributed by atoms with van der Waals surface area (Å²) in [7, 11) is -1.65. The van der Waals surface area contributed by atoms with Crippen LogP contribution in [0.2, 0.25) is 0 Å². The zero-order chi connectivity index (χ0) is 17.6. The van der Waals surface area contributed by atoms with Crippen molar-refractivity contribution >= 4 is 16.1 Å². The number of nitrogens with one attached hydrogen (secondary N) is 2. The van der Waals surface area contributed by atoms with Gasteiger partial charge in [0.2, 0.25) is 15.9 Å². The summed E-state index contributed by atoms with van der Waals surface area (Å²) < 4.78 is 30.8. The second kappa shape index (κ2) is 8.29. The quantitative estimate of drug-likeness (QED) is 0.782. The van der Waals surface area contributed by atoms with Gasteiger partial charge in [-0.1, -0.05) is 6.07 Å². The van der Waals surface area contributed by atoms with Crippen LogP contribution in [0.25, 0.3) is 0 Å². The van der Waals surface area contributed by atoms with Crippen LogP contribution in [0.1, 0.15) is 25.3 Å². The first-order valence-electron chi connectivity index (χ1n) is 7.95. The number of aromatic nitrogens is 1. The van der Waals surface area contributed by atoms with E-state index in [2.05, 4.69) is 15.0 Å². The molecule has 2 rings (SSSR count). The van der Waals surface area contributed by atoms with Gasteiger partial charge in [-0.15, -0.1) is 0 Å². The van der Waals surface area contributed by atoms with Crippen molar-refractivity contribution in [2.75, 3.05) is 26.0 Å². The van der Waals surface area contributed by atoms with Crippen molar-refractivity contribution < 1.29 is 17.9 Å². The maximum atomic E-state index is 12.2. The number of nitrogens with zero attached hydrogens (tertiary/aromatic N) is 2. The highest BCUT2D eigenvalue weighted by Gasteiger charge is 2.25. The Hall–Kier alpha value is -1.87. The van der Waals surface area contributed by atoms with E-state index in [9.17, 15) is 13.2 Å². The van der Waals surface area contributed by atoms with Crippen molar-refractivity contribution in [3.05, 3.63) is 23.9 Å². The summed E-state index contributed by atoms with van der Waals surface area (Å²) in [5, 5.41) is 2.85. The third kappa shape index (κ3) is 5.34. The van der Waals surface area contributed by atoms with E-state index in [4.69, 9.17) is 4.74 Å². The van der Waals surface area contributed by atoms with Gasteiger partial charge in [-0.2, -0.15) is 0 Å². The highest BCUT2D eigenvalue weighted by molar-refractivity contribution is 7.89. The number of hydrogen-bond acceptors (Lipinski definition) is 5. The van der Waals surface area contributed by atoms with E-state index in [0.29, 0.717) is 38.4 Å². The van der Waals surface area contributed by atoms with Crippen LogP contribution in [-0.2, 0) is 16.6 Å². The van der Waals surface area contributed by atoms with E-state index < -0.39 is 10.0 Å². The summed E-state index contributed by atoms with van der Waals surface area (Å²) in [6, 6.07) is 3.34. The van der Waals surface area contributed by atoms with Crippen LogP contribution in [0.15, 0.2) is 18.3 Å². The maximum Gasteiger partial charge on any atom is 0.317 e. The van der Waals surface area contributed by atoms with Gasteiger partial charge in [-0.3, -0.25) is 0 Å². The van der Waals surface area contributed by atoms with Crippen molar-refractivity contribution in [3.8, 4) is 5.88 Å². The first-order chi connectivity index (χ1) is 11.4. The summed E-state index contributed by atoms with van der Waals surface area (Å²) in [4.78, 5) is 18.0. The molecule has 1 aromatic heterocycles. The van der Waals surface area contributed by atoms with E-state index in [1.165, 1.54) is 0 Å². The van der Waals surface area contributed by atoms with Gasteiger partial charge in [0.25, 0.3) is 0 Å². The minimum Gasteiger partial charge on any atom is -0.481 e. The predicted molar refractivity (Wildman–Crippen MR) is 90.2 cm³/mol. The Morgan fingerprint density at radius 3 is 2.62 bits per heavy atom. The number of pyridine rings is 1. The third-order valence-corrected chi connectivity index (χ3v) is 5.41. The molecule has 0 radical (unpaired) electrons. The molecule has 0 saturated carbocycles. The van der Waals surface area contributed by atoms with Crippen LogP contribution in [0.4, 0.5) is 4.79 Å². The molecule has 0 spiro atoms. The summed E-state index contributed by atoms with van der Waals surface area (Å²) in [5.74, 6) is 0.602. The van der Waals surface area contributed by atoms with Crippen LogP contribution < -0.4 is 14.8 Å². The smallest absolute Gasteiger partial charge is 0.317 e. The monoisotopic (exact) mass is 356 g/mol. The average Bonchev–Trinajstić information content (AvgIpc) is 2.60. The number of likely N-dealkylation sites (tertiary alicyclic amines) is 1. The highest BCUT2D eigenvalue weighted by atomic mass is 32.2. The summed E-state index contributed by atoms with van der Waals surface area (Å²) in [5.41, 5.74) is 0.884. The lowest BCUT2D eigenvalue weighted by molar-refractivity contribution is 0.179. The molecule has 2 N–H and O–H groups in total. The number of amides is 2. The molecule has 0 atom stereocenters. The van der Waals surface area contributed by atoms with E-state index >= 15 is 0 Å². The fourth-order valence-electron chi connectivity index (χ4n) is 2.46. The molecule has 9 heteroatoms. The Bertz CT molecular complexity index is 640. The molecule has 1 aromatic rings. The van der Waals surface area contributed by atoms with Gasteiger partial charge in [0.05, 0.1) is 12.9 Å². The molecular formula is C15H24N4O4S. The van der Waals surface area contributed by atoms with Crippen molar-refractivity contribution in [1.29, 1.82) is 0 Å². The standard InChI is InChI=1S/C15H24N4O4S/c1-3-24(21,22)18-13-6-8-19(9-7-13)15(20)17-11-12-4-5-14(23-2)16-10-12/h4-5,10,13,18H,3,6-9,11H2,1-2H3,(H,17,20). The number of sulfonamides is 1. The molecule has 24 heavy (non-hydrogen) atoms. The van der Waals surface area contributed by atoms with Crippen LogP contribution in [0, 0.1) is 0 Å². The van der Waals surface area contributed by atoms with Crippen LogP contribution in [0.5, 0.6) is 5.88 Å². The minimum atomic E-state index is -3.20. The lowest BCUT2D eigenvalue weighted by Gasteiger charge is -2.32. The number of carbonyl (C=O) groups is 1. The molecule has 1 aliphatic rings. The molecule has 2 amide bonds. The molecule has 0 unspecified atom stereocenters. The number of piperidine rings is 1. The Kier molecular flexibility index (Phi) is 6.38. The SMILES string of the molecule is CCS(=O)(=O)NC1CCN(C(=O)NCc2ccc(OC)nc2)CC1. The second-order valence-electron chi connectivity index (χ2n) is 5.65. The summed E-state index contributed by atoms with van der Waals surface area (Å²) in [6.45, 7) is 3.06. The lowest BCUT2D eigenvalue weighted by Crippen LogP contribution is -2.49. The van der Waals surface area contributed by atoms with E-state index in [0.717, 1.165) is 5.56 Å². The summed E-state index contributed by atoms with van der Waals surface area (Å²) >= 11 is 0. The number of methoxy groups -OCH3 is 1. The Morgan fingerprint density at radius 2 is 2.08 bits per heavy atom. The normalized spacial score (nSPS) is 16.0. The van der Waals surface area contributed by atoms with E-state index in [1.807, 2.05) is 6.07 Å². The Labute approximate surface area is 142 Å². The van der Waals surface area contributed by atoms with Crippen LogP contribution >= 0.6 is 0 Å². The molecule has 0 aliphatic carbocycles. The molecule has 1 fully saturated rings. The molecular weight excluding hydrogens is 332 g/mol. The number of rotatable bonds is 6. The van der Waals surface area contributed by atoms with Crippen molar-refractivity contribution in [2.45, 2.75) is 32.4 Å². The fourth-order valence-corrected chi connectivity index (χ4v) is 3.37. The van der Waals surface area contributed by atoms with Gasteiger partial charge in [0.15, 0.2) is 0 Å². The van der Waals surface area contributed by atoms with Crippen molar-refractivity contribution in [2.24, 2.45) is 0 Å².